The molecule has 25 heavy (non-hydrogen) atoms. The van der Waals surface area contributed by atoms with Gasteiger partial charge in [0.25, 0.3) is 5.91 Å². The maximum Gasteiger partial charge on any atom is 0.344 e. The van der Waals surface area contributed by atoms with Gasteiger partial charge in [-0.2, -0.15) is 0 Å². The Kier molecular flexibility index (Phi) is 6.83. The van der Waals surface area contributed by atoms with Gasteiger partial charge in [-0.3, -0.25) is 4.79 Å². The SMILES string of the molecule is Cc1cc(OCC(=O)OCC(=O)NCc2ccccc2C)ccc1Cl. The molecule has 0 aliphatic carbocycles. The molecule has 1 amide bonds. The highest BCUT2D eigenvalue weighted by Crippen LogP contribution is 2.20. The van der Waals surface area contributed by atoms with Crippen LogP contribution in [0, 0.1) is 13.8 Å². The van der Waals surface area contributed by atoms with Crippen molar-refractivity contribution in [1.29, 1.82) is 0 Å². The van der Waals surface area contributed by atoms with Crippen LogP contribution in [-0.4, -0.2) is 25.1 Å². The van der Waals surface area contributed by atoms with Crippen LogP contribution in [0.25, 0.3) is 0 Å². The summed E-state index contributed by atoms with van der Waals surface area (Å²) in [6.07, 6.45) is 0. The van der Waals surface area contributed by atoms with Gasteiger partial charge in [-0.1, -0.05) is 35.9 Å². The first-order valence-corrected chi connectivity index (χ1v) is 8.19. The monoisotopic (exact) mass is 361 g/mol. The Labute approximate surface area is 151 Å². The summed E-state index contributed by atoms with van der Waals surface area (Å²) >= 11 is 5.92. The summed E-state index contributed by atoms with van der Waals surface area (Å²) in [5.41, 5.74) is 2.96. The minimum Gasteiger partial charge on any atom is -0.482 e. The lowest BCUT2D eigenvalue weighted by atomic mass is 10.1. The number of esters is 1. The molecule has 1 N–H and O–H groups in total. The molecule has 6 heteroatoms. The van der Waals surface area contributed by atoms with Crippen molar-refractivity contribution in [3.8, 4) is 5.75 Å². The first-order valence-electron chi connectivity index (χ1n) is 7.81. The van der Waals surface area contributed by atoms with Crippen LogP contribution < -0.4 is 10.1 Å². The number of aryl methyl sites for hydroxylation is 2. The third kappa shape index (κ3) is 6.12. The quantitative estimate of drug-likeness (QED) is 0.769. The summed E-state index contributed by atoms with van der Waals surface area (Å²) in [6, 6.07) is 12.8. The summed E-state index contributed by atoms with van der Waals surface area (Å²) < 4.78 is 10.2. The lowest BCUT2D eigenvalue weighted by Gasteiger charge is -2.09. The number of hydrogen-bond donors (Lipinski definition) is 1. The summed E-state index contributed by atoms with van der Waals surface area (Å²) in [5, 5.41) is 3.34. The number of rotatable bonds is 7. The van der Waals surface area contributed by atoms with E-state index in [0.29, 0.717) is 17.3 Å². The van der Waals surface area contributed by atoms with Gasteiger partial charge in [0.1, 0.15) is 5.75 Å². The zero-order chi connectivity index (χ0) is 18.2. The van der Waals surface area contributed by atoms with Crippen molar-refractivity contribution in [2.75, 3.05) is 13.2 Å². The van der Waals surface area contributed by atoms with E-state index in [4.69, 9.17) is 21.1 Å². The Morgan fingerprint density at radius 1 is 1.04 bits per heavy atom. The third-order valence-corrected chi connectivity index (χ3v) is 4.01. The second kappa shape index (κ2) is 9.08. The van der Waals surface area contributed by atoms with Crippen LogP contribution in [-0.2, 0) is 20.9 Å². The van der Waals surface area contributed by atoms with Crippen LogP contribution in [0.2, 0.25) is 5.02 Å². The molecule has 2 rings (SSSR count). The highest BCUT2D eigenvalue weighted by atomic mass is 35.5. The summed E-state index contributed by atoms with van der Waals surface area (Å²) in [7, 11) is 0. The molecule has 0 saturated heterocycles. The Hall–Kier alpha value is -2.53. The molecule has 0 aliphatic rings. The standard InChI is InChI=1S/C19H20ClNO4/c1-13-5-3-4-6-15(13)10-21-18(22)11-25-19(23)12-24-16-7-8-17(20)14(2)9-16/h3-9H,10-12H2,1-2H3,(H,21,22). The molecular formula is C19H20ClNO4. The number of halogens is 1. The summed E-state index contributed by atoms with van der Waals surface area (Å²) in [5.74, 6) is -0.458. The Morgan fingerprint density at radius 2 is 1.80 bits per heavy atom. The van der Waals surface area contributed by atoms with Crippen LogP contribution in [0.5, 0.6) is 5.75 Å². The molecule has 0 unspecified atom stereocenters. The normalized spacial score (nSPS) is 10.2. The van der Waals surface area contributed by atoms with Crippen molar-refractivity contribution >= 4 is 23.5 Å². The van der Waals surface area contributed by atoms with E-state index in [9.17, 15) is 9.59 Å². The molecule has 0 fully saturated rings. The number of ether oxygens (including phenoxy) is 2. The van der Waals surface area contributed by atoms with E-state index < -0.39 is 5.97 Å². The lowest BCUT2D eigenvalue weighted by molar-refractivity contribution is -0.150. The smallest absolute Gasteiger partial charge is 0.344 e. The molecule has 0 aromatic heterocycles. The molecule has 0 bridgehead atoms. The van der Waals surface area contributed by atoms with E-state index in [1.165, 1.54) is 0 Å². The zero-order valence-electron chi connectivity index (χ0n) is 14.2. The molecular weight excluding hydrogens is 342 g/mol. The largest absolute Gasteiger partial charge is 0.482 e. The van der Waals surface area contributed by atoms with Crippen molar-refractivity contribution in [2.45, 2.75) is 20.4 Å². The second-order valence-corrected chi connectivity index (χ2v) is 5.97. The van der Waals surface area contributed by atoms with E-state index in [1.54, 1.807) is 18.2 Å². The molecule has 132 valence electrons. The average molecular weight is 362 g/mol. The van der Waals surface area contributed by atoms with E-state index in [-0.39, 0.29) is 19.1 Å². The van der Waals surface area contributed by atoms with Gasteiger partial charge in [-0.05, 0) is 48.7 Å². The van der Waals surface area contributed by atoms with Crippen LogP contribution in [0.3, 0.4) is 0 Å². The Bertz CT molecular complexity index is 761. The molecule has 0 heterocycles. The molecule has 0 aliphatic heterocycles. The van der Waals surface area contributed by atoms with Crippen molar-refractivity contribution in [3.63, 3.8) is 0 Å². The van der Waals surface area contributed by atoms with Gasteiger partial charge >= 0.3 is 5.97 Å². The fraction of sp³-hybridized carbons (Fsp3) is 0.263. The van der Waals surface area contributed by atoms with Crippen molar-refractivity contribution < 1.29 is 19.1 Å². The van der Waals surface area contributed by atoms with Crippen LogP contribution in [0.4, 0.5) is 0 Å². The number of benzene rings is 2. The first-order chi connectivity index (χ1) is 12.0. The lowest BCUT2D eigenvalue weighted by Crippen LogP contribution is -2.29. The molecule has 0 spiro atoms. The maximum atomic E-state index is 11.7. The van der Waals surface area contributed by atoms with Crippen molar-refractivity contribution in [2.24, 2.45) is 0 Å². The molecule has 0 radical (unpaired) electrons. The highest BCUT2D eigenvalue weighted by molar-refractivity contribution is 6.31. The number of hydrogen-bond acceptors (Lipinski definition) is 4. The van der Waals surface area contributed by atoms with Gasteiger partial charge < -0.3 is 14.8 Å². The van der Waals surface area contributed by atoms with E-state index in [1.807, 2.05) is 38.1 Å². The minimum absolute atomic E-state index is 0.272. The van der Waals surface area contributed by atoms with Gasteiger partial charge in [0, 0.05) is 11.6 Å². The number of nitrogens with one attached hydrogen (secondary N) is 1. The van der Waals surface area contributed by atoms with Crippen LogP contribution >= 0.6 is 11.6 Å². The second-order valence-electron chi connectivity index (χ2n) is 5.56. The van der Waals surface area contributed by atoms with E-state index >= 15 is 0 Å². The third-order valence-electron chi connectivity index (χ3n) is 3.59. The number of carbonyl (C=O) groups is 2. The Morgan fingerprint density at radius 3 is 2.52 bits per heavy atom. The van der Waals surface area contributed by atoms with Gasteiger partial charge in [0.05, 0.1) is 0 Å². The van der Waals surface area contributed by atoms with Gasteiger partial charge in [0.15, 0.2) is 13.2 Å². The predicted octanol–water partition coefficient (Wildman–Crippen LogP) is 3.20. The molecule has 2 aromatic carbocycles. The zero-order valence-corrected chi connectivity index (χ0v) is 14.9. The topological polar surface area (TPSA) is 64.6 Å². The molecule has 0 atom stereocenters. The fourth-order valence-corrected chi connectivity index (χ4v) is 2.21. The molecule has 5 nitrogen and oxygen atoms in total. The molecule has 2 aromatic rings. The van der Waals surface area contributed by atoms with Gasteiger partial charge in [0.2, 0.25) is 0 Å². The number of carbonyl (C=O) groups excluding carboxylic acids is 2. The van der Waals surface area contributed by atoms with E-state index in [0.717, 1.165) is 16.7 Å². The number of amides is 1. The van der Waals surface area contributed by atoms with Gasteiger partial charge in [-0.15, -0.1) is 0 Å². The van der Waals surface area contributed by atoms with E-state index in [2.05, 4.69) is 5.32 Å². The van der Waals surface area contributed by atoms with Crippen LogP contribution in [0.15, 0.2) is 42.5 Å². The van der Waals surface area contributed by atoms with Gasteiger partial charge in [-0.25, -0.2) is 4.79 Å². The maximum absolute atomic E-state index is 11.7. The van der Waals surface area contributed by atoms with Crippen molar-refractivity contribution in [1.82, 2.24) is 5.32 Å². The summed E-state index contributed by atoms with van der Waals surface area (Å²) in [6.45, 7) is 3.59. The highest BCUT2D eigenvalue weighted by Gasteiger charge is 2.09. The Balaban J connectivity index is 1.69. The fourth-order valence-electron chi connectivity index (χ4n) is 2.09. The molecule has 0 saturated carbocycles. The summed E-state index contributed by atoms with van der Waals surface area (Å²) in [4.78, 5) is 23.4. The average Bonchev–Trinajstić information content (AvgIpc) is 2.60. The minimum atomic E-state index is -0.612. The predicted molar refractivity (Wildman–Crippen MR) is 95.7 cm³/mol. The van der Waals surface area contributed by atoms with Crippen molar-refractivity contribution in [3.05, 3.63) is 64.2 Å². The first kappa shape index (κ1) is 18.8. The van der Waals surface area contributed by atoms with Crippen LogP contribution in [0.1, 0.15) is 16.7 Å².